The first-order valence-electron chi connectivity index (χ1n) is 6.83. The van der Waals surface area contributed by atoms with E-state index >= 15 is 0 Å². The van der Waals surface area contributed by atoms with E-state index in [9.17, 15) is 0 Å². The average Bonchev–Trinajstić information content (AvgIpc) is 2.28. The average molecular weight is 230 g/mol. The van der Waals surface area contributed by atoms with Crippen LogP contribution < -0.4 is 0 Å². The van der Waals surface area contributed by atoms with Crippen LogP contribution in [0.3, 0.4) is 0 Å². The molecule has 17 heavy (non-hydrogen) atoms. The molecule has 0 amide bonds. The maximum Gasteiger partial charge on any atom is 0.115 e. The normalized spacial score (nSPS) is 34.9. The molecule has 0 aliphatic heterocycles. The van der Waals surface area contributed by atoms with Gasteiger partial charge in [0, 0.05) is 11.6 Å². The maximum absolute atomic E-state index is 4.63. The van der Waals surface area contributed by atoms with E-state index in [0.717, 1.165) is 5.92 Å². The summed E-state index contributed by atoms with van der Waals surface area (Å²) in [6, 6.07) is 0. The third-order valence-electron chi connectivity index (χ3n) is 5.26. The fraction of sp³-hybridized carbons (Fsp3) is 0.733. The largest absolute Gasteiger partial charge is 0.245 e. The van der Waals surface area contributed by atoms with E-state index < -0.39 is 0 Å². The topological polar surface area (TPSA) is 25.8 Å². The number of rotatable bonds is 0. The molecule has 1 fully saturated rings. The molecule has 2 aliphatic rings. The smallest absolute Gasteiger partial charge is 0.115 e. The van der Waals surface area contributed by atoms with Gasteiger partial charge in [-0.1, -0.05) is 27.2 Å². The number of fused-ring (bicyclic) bond motifs is 3. The molecular formula is C15H22N2. The molecule has 1 aromatic rings. The molecule has 0 radical (unpaired) electrons. The predicted molar refractivity (Wildman–Crippen MR) is 68.8 cm³/mol. The van der Waals surface area contributed by atoms with Crippen molar-refractivity contribution >= 4 is 0 Å². The van der Waals surface area contributed by atoms with Crippen molar-refractivity contribution < 1.29 is 0 Å². The summed E-state index contributed by atoms with van der Waals surface area (Å²) in [7, 11) is 0. The van der Waals surface area contributed by atoms with Gasteiger partial charge in [0.2, 0.25) is 0 Å². The van der Waals surface area contributed by atoms with Crippen molar-refractivity contribution in [3.05, 3.63) is 23.8 Å². The lowest BCUT2D eigenvalue weighted by Gasteiger charge is -2.53. The van der Waals surface area contributed by atoms with Crippen molar-refractivity contribution in [2.45, 2.75) is 58.3 Å². The van der Waals surface area contributed by atoms with Gasteiger partial charge in [-0.3, -0.25) is 0 Å². The van der Waals surface area contributed by atoms with Crippen molar-refractivity contribution in [2.75, 3.05) is 0 Å². The third kappa shape index (κ3) is 1.53. The first-order valence-corrected chi connectivity index (χ1v) is 6.83. The molecular weight excluding hydrogens is 208 g/mol. The lowest BCUT2D eigenvalue weighted by atomic mass is 9.51. The lowest BCUT2D eigenvalue weighted by molar-refractivity contribution is 0.0377. The standard InChI is InChI=1S/C15H22N2/c1-14(2)7-4-8-15(3)12(14)6-5-11-9-16-10-17-13(11)15/h9-10,12H,4-8H2,1-3H3. The Balaban J connectivity index is 2.11. The molecule has 3 rings (SSSR count). The Morgan fingerprint density at radius 1 is 1.24 bits per heavy atom. The summed E-state index contributed by atoms with van der Waals surface area (Å²) in [5, 5.41) is 0. The van der Waals surface area contributed by atoms with E-state index in [1.165, 1.54) is 43.4 Å². The Morgan fingerprint density at radius 3 is 2.88 bits per heavy atom. The third-order valence-corrected chi connectivity index (χ3v) is 5.26. The van der Waals surface area contributed by atoms with Crippen LogP contribution in [0.4, 0.5) is 0 Å². The van der Waals surface area contributed by atoms with Crippen molar-refractivity contribution in [3.8, 4) is 0 Å². The zero-order chi connectivity index (χ0) is 12.1. The quantitative estimate of drug-likeness (QED) is 0.681. The molecule has 92 valence electrons. The van der Waals surface area contributed by atoms with Crippen LogP contribution in [-0.4, -0.2) is 9.97 Å². The number of hydrogen-bond donors (Lipinski definition) is 0. The van der Waals surface area contributed by atoms with Crippen LogP contribution in [0.2, 0.25) is 0 Å². The second kappa shape index (κ2) is 3.54. The van der Waals surface area contributed by atoms with Gasteiger partial charge in [0.15, 0.2) is 0 Å². The summed E-state index contributed by atoms with van der Waals surface area (Å²) >= 11 is 0. The Labute approximate surface area is 104 Å². The molecule has 2 unspecified atom stereocenters. The van der Waals surface area contributed by atoms with Gasteiger partial charge in [0.05, 0.1) is 5.69 Å². The van der Waals surface area contributed by atoms with Crippen LogP contribution in [0.1, 0.15) is 57.7 Å². The minimum Gasteiger partial charge on any atom is -0.245 e. The Kier molecular flexibility index (Phi) is 2.33. The van der Waals surface area contributed by atoms with Gasteiger partial charge < -0.3 is 0 Å². The first kappa shape index (κ1) is 11.2. The van der Waals surface area contributed by atoms with Crippen LogP contribution in [0, 0.1) is 11.3 Å². The minimum absolute atomic E-state index is 0.290. The second-order valence-electron chi connectivity index (χ2n) is 6.75. The Morgan fingerprint density at radius 2 is 2.06 bits per heavy atom. The summed E-state index contributed by atoms with van der Waals surface area (Å²) in [4.78, 5) is 8.82. The van der Waals surface area contributed by atoms with Crippen molar-refractivity contribution in [2.24, 2.45) is 11.3 Å². The molecule has 2 heteroatoms. The van der Waals surface area contributed by atoms with Gasteiger partial charge >= 0.3 is 0 Å². The zero-order valence-electron chi connectivity index (χ0n) is 11.2. The van der Waals surface area contributed by atoms with Crippen LogP contribution in [0.25, 0.3) is 0 Å². The van der Waals surface area contributed by atoms with Gasteiger partial charge in [0.25, 0.3) is 0 Å². The summed E-state index contributed by atoms with van der Waals surface area (Å²) in [6.45, 7) is 7.33. The van der Waals surface area contributed by atoms with Gasteiger partial charge in [-0.2, -0.15) is 0 Å². The lowest BCUT2D eigenvalue weighted by Crippen LogP contribution is -2.48. The van der Waals surface area contributed by atoms with Crippen LogP contribution in [0.5, 0.6) is 0 Å². The van der Waals surface area contributed by atoms with Crippen molar-refractivity contribution in [1.29, 1.82) is 0 Å². The number of aryl methyl sites for hydroxylation is 1. The van der Waals surface area contributed by atoms with Gasteiger partial charge in [-0.05, 0) is 42.6 Å². The zero-order valence-corrected chi connectivity index (χ0v) is 11.2. The number of hydrogen-bond acceptors (Lipinski definition) is 2. The molecule has 2 aliphatic carbocycles. The van der Waals surface area contributed by atoms with Gasteiger partial charge in [-0.15, -0.1) is 0 Å². The fourth-order valence-electron chi connectivity index (χ4n) is 4.47. The summed E-state index contributed by atoms with van der Waals surface area (Å²) in [6.07, 6.45) is 10.2. The molecule has 0 N–H and O–H groups in total. The highest BCUT2D eigenvalue weighted by molar-refractivity contribution is 5.31. The van der Waals surface area contributed by atoms with Gasteiger partial charge in [0.1, 0.15) is 6.33 Å². The predicted octanol–water partition coefficient (Wildman–Crippen LogP) is 3.51. The molecule has 0 bridgehead atoms. The first-order chi connectivity index (χ1) is 8.04. The fourth-order valence-corrected chi connectivity index (χ4v) is 4.47. The van der Waals surface area contributed by atoms with E-state index in [4.69, 9.17) is 0 Å². The van der Waals surface area contributed by atoms with Crippen molar-refractivity contribution in [3.63, 3.8) is 0 Å². The van der Waals surface area contributed by atoms with E-state index in [1.807, 2.05) is 6.20 Å². The molecule has 0 saturated heterocycles. The summed E-state index contributed by atoms with van der Waals surface area (Å²) in [5.74, 6) is 0.783. The van der Waals surface area contributed by atoms with E-state index in [-0.39, 0.29) is 5.41 Å². The van der Waals surface area contributed by atoms with E-state index in [2.05, 4.69) is 30.7 Å². The highest BCUT2D eigenvalue weighted by Crippen LogP contribution is 2.56. The highest BCUT2D eigenvalue weighted by Gasteiger charge is 2.50. The highest BCUT2D eigenvalue weighted by atomic mass is 14.8. The minimum atomic E-state index is 0.290. The molecule has 2 nitrogen and oxygen atoms in total. The van der Waals surface area contributed by atoms with Gasteiger partial charge in [-0.25, -0.2) is 9.97 Å². The maximum atomic E-state index is 4.63. The SMILES string of the molecule is CC1(C)CCCC2(C)c3ncncc3CCC12. The van der Waals surface area contributed by atoms with E-state index in [1.54, 1.807) is 6.33 Å². The second-order valence-corrected chi connectivity index (χ2v) is 6.75. The molecule has 1 heterocycles. The Bertz CT molecular complexity index is 438. The van der Waals surface area contributed by atoms with Crippen LogP contribution in [-0.2, 0) is 11.8 Å². The number of nitrogens with zero attached hydrogens (tertiary/aromatic N) is 2. The molecule has 0 aromatic carbocycles. The molecule has 1 saturated carbocycles. The summed E-state index contributed by atoms with van der Waals surface area (Å²) < 4.78 is 0. The Hall–Kier alpha value is -0.920. The molecule has 0 spiro atoms. The molecule has 2 atom stereocenters. The number of aromatic nitrogens is 2. The van der Waals surface area contributed by atoms with Crippen LogP contribution in [0.15, 0.2) is 12.5 Å². The summed E-state index contributed by atoms with van der Waals surface area (Å²) in [5.41, 5.74) is 3.49. The van der Waals surface area contributed by atoms with E-state index in [0.29, 0.717) is 5.41 Å². The van der Waals surface area contributed by atoms with Crippen molar-refractivity contribution in [1.82, 2.24) is 9.97 Å². The molecule has 1 aromatic heterocycles. The monoisotopic (exact) mass is 230 g/mol. The van der Waals surface area contributed by atoms with Crippen LogP contribution >= 0.6 is 0 Å².